The number of aliphatic hydroxyl groups is 1. The van der Waals surface area contributed by atoms with E-state index < -0.39 is 17.5 Å². The fourth-order valence-corrected chi connectivity index (χ4v) is 2.16. The molecule has 0 aromatic heterocycles. The second kappa shape index (κ2) is 5.75. The maximum absolute atomic E-state index is 12.1. The Balaban J connectivity index is 2.55. The number of esters is 1. The van der Waals surface area contributed by atoms with E-state index >= 15 is 0 Å². The van der Waals surface area contributed by atoms with E-state index in [4.69, 9.17) is 4.74 Å². The molecule has 0 spiro atoms. The summed E-state index contributed by atoms with van der Waals surface area (Å²) in [6, 6.07) is 6.29. The number of carbonyl (C=O) groups excluding carboxylic acids is 3. The first-order valence-corrected chi connectivity index (χ1v) is 6.44. The summed E-state index contributed by atoms with van der Waals surface area (Å²) in [6.45, 7) is 3.33. The molecule has 1 aromatic rings. The van der Waals surface area contributed by atoms with Crippen LogP contribution in [0.1, 0.15) is 29.8 Å². The Morgan fingerprint density at radius 3 is 2.43 bits per heavy atom. The minimum atomic E-state index is -0.829. The van der Waals surface area contributed by atoms with Crippen LogP contribution in [0.5, 0.6) is 0 Å². The van der Waals surface area contributed by atoms with Crippen molar-refractivity contribution < 1.29 is 24.2 Å². The number of carbonyl (C=O) groups is 3. The molecule has 21 heavy (non-hydrogen) atoms. The summed E-state index contributed by atoms with van der Waals surface area (Å²) in [4.78, 5) is 35.6. The van der Waals surface area contributed by atoms with Gasteiger partial charge in [0.1, 0.15) is 5.76 Å². The number of fused-ring (bicyclic) bond motifs is 1. The van der Waals surface area contributed by atoms with E-state index in [9.17, 15) is 19.5 Å². The number of Topliss-reactive ketones (excluding diaryl/α,β-unsaturated/α-hetero) is 2. The van der Waals surface area contributed by atoms with Crippen molar-refractivity contribution in [2.75, 3.05) is 6.61 Å². The lowest BCUT2D eigenvalue weighted by molar-refractivity contribution is -0.137. The van der Waals surface area contributed by atoms with Crippen LogP contribution in [0, 0.1) is 0 Å². The van der Waals surface area contributed by atoms with Crippen LogP contribution in [0.2, 0.25) is 0 Å². The molecule has 5 heteroatoms. The molecule has 0 saturated heterocycles. The molecule has 5 nitrogen and oxygen atoms in total. The first-order valence-electron chi connectivity index (χ1n) is 6.44. The Hall–Kier alpha value is -2.69. The van der Waals surface area contributed by atoms with Gasteiger partial charge in [-0.15, -0.1) is 0 Å². The summed E-state index contributed by atoms with van der Waals surface area (Å²) in [5, 5.41) is 10.2. The Kier molecular flexibility index (Phi) is 4.03. The highest BCUT2D eigenvalue weighted by Gasteiger charge is 2.33. The van der Waals surface area contributed by atoms with Gasteiger partial charge in [-0.1, -0.05) is 24.3 Å². The van der Waals surface area contributed by atoms with Gasteiger partial charge in [-0.25, -0.2) is 4.79 Å². The molecule has 0 bridgehead atoms. The van der Waals surface area contributed by atoms with Gasteiger partial charge in [-0.3, -0.25) is 9.59 Å². The van der Waals surface area contributed by atoms with Gasteiger partial charge in [0.25, 0.3) is 0 Å². The second-order valence-corrected chi connectivity index (χ2v) is 4.51. The van der Waals surface area contributed by atoms with Crippen LogP contribution in [0.3, 0.4) is 0 Å². The third kappa shape index (κ3) is 2.63. The quantitative estimate of drug-likeness (QED) is 0.523. The van der Waals surface area contributed by atoms with Crippen molar-refractivity contribution >= 4 is 23.3 Å². The van der Waals surface area contributed by atoms with Crippen molar-refractivity contribution in [3.63, 3.8) is 0 Å². The molecule has 0 amide bonds. The molecule has 1 aliphatic rings. The van der Waals surface area contributed by atoms with E-state index in [0.717, 1.165) is 6.08 Å². The zero-order valence-electron chi connectivity index (χ0n) is 11.7. The van der Waals surface area contributed by atoms with E-state index in [1.165, 1.54) is 13.0 Å². The zero-order chi connectivity index (χ0) is 15.6. The van der Waals surface area contributed by atoms with Gasteiger partial charge in [-0.05, 0) is 19.4 Å². The summed E-state index contributed by atoms with van der Waals surface area (Å²) in [6.07, 6.45) is 1.09. The summed E-state index contributed by atoms with van der Waals surface area (Å²) in [5.41, 5.74) is 0.479. The summed E-state index contributed by atoms with van der Waals surface area (Å²) < 4.78 is 4.75. The average molecular weight is 286 g/mol. The fraction of sp³-hybridized carbons (Fsp3) is 0.188. The van der Waals surface area contributed by atoms with Crippen LogP contribution in [-0.4, -0.2) is 29.2 Å². The standard InChI is InChI=1S/C16H14O5/c1-3-21-12(17)8-9(2)13-14(18)10-6-4-5-7-11(10)15(19)16(13)20/h4-8,18H,3H2,1-2H3/b9-8+. The van der Waals surface area contributed by atoms with Gasteiger partial charge < -0.3 is 9.84 Å². The fourth-order valence-electron chi connectivity index (χ4n) is 2.16. The number of hydrogen-bond donors (Lipinski definition) is 1. The predicted molar refractivity (Wildman–Crippen MR) is 75.7 cm³/mol. The maximum Gasteiger partial charge on any atom is 0.331 e. The lowest BCUT2D eigenvalue weighted by Crippen LogP contribution is -2.24. The van der Waals surface area contributed by atoms with Gasteiger partial charge in [0.15, 0.2) is 0 Å². The number of benzene rings is 1. The largest absolute Gasteiger partial charge is 0.507 e. The molecule has 1 N–H and O–H groups in total. The molecule has 108 valence electrons. The van der Waals surface area contributed by atoms with Crippen LogP contribution >= 0.6 is 0 Å². The molecule has 2 rings (SSSR count). The van der Waals surface area contributed by atoms with Crippen LogP contribution in [0.15, 0.2) is 41.5 Å². The highest BCUT2D eigenvalue weighted by molar-refractivity contribution is 6.53. The zero-order valence-corrected chi connectivity index (χ0v) is 11.7. The monoisotopic (exact) mass is 286 g/mol. The van der Waals surface area contributed by atoms with Crippen molar-refractivity contribution in [1.82, 2.24) is 0 Å². The molecular formula is C16H14O5. The number of hydrogen-bond acceptors (Lipinski definition) is 5. The number of aliphatic hydroxyl groups excluding tert-OH is 1. The topological polar surface area (TPSA) is 80.7 Å². The van der Waals surface area contributed by atoms with Crippen LogP contribution in [0.4, 0.5) is 0 Å². The lowest BCUT2D eigenvalue weighted by Gasteiger charge is -2.17. The van der Waals surface area contributed by atoms with Gasteiger partial charge >= 0.3 is 5.97 Å². The molecule has 0 saturated carbocycles. The van der Waals surface area contributed by atoms with Crippen molar-refractivity contribution in [3.8, 4) is 0 Å². The van der Waals surface area contributed by atoms with E-state index in [-0.39, 0.29) is 34.6 Å². The Morgan fingerprint density at radius 1 is 1.19 bits per heavy atom. The highest BCUT2D eigenvalue weighted by Crippen LogP contribution is 2.31. The summed E-state index contributed by atoms with van der Waals surface area (Å²) >= 11 is 0. The average Bonchev–Trinajstić information content (AvgIpc) is 2.45. The maximum atomic E-state index is 12.1. The van der Waals surface area contributed by atoms with E-state index in [0.29, 0.717) is 0 Å². The molecular weight excluding hydrogens is 272 g/mol. The van der Waals surface area contributed by atoms with Crippen molar-refractivity contribution in [3.05, 3.63) is 52.6 Å². The molecule has 0 fully saturated rings. The molecule has 0 aliphatic heterocycles. The molecule has 0 heterocycles. The SMILES string of the molecule is CCOC(=O)/C=C(\C)C1=C(O)c2ccccc2C(=O)C1=O. The normalized spacial score (nSPS) is 15.0. The van der Waals surface area contributed by atoms with E-state index in [1.54, 1.807) is 25.1 Å². The third-order valence-electron chi connectivity index (χ3n) is 3.11. The van der Waals surface area contributed by atoms with Crippen molar-refractivity contribution in [2.45, 2.75) is 13.8 Å². The van der Waals surface area contributed by atoms with Crippen molar-refractivity contribution in [1.29, 1.82) is 0 Å². The summed E-state index contributed by atoms with van der Waals surface area (Å²) in [5.74, 6) is -2.46. The Labute approximate surface area is 121 Å². The first-order chi connectivity index (χ1) is 9.97. The number of allylic oxidation sites excluding steroid dienone is 2. The van der Waals surface area contributed by atoms with Gasteiger partial charge in [-0.2, -0.15) is 0 Å². The van der Waals surface area contributed by atoms with Crippen LogP contribution in [-0.2, 0) is 14.3 Å². The van der Waals surface area contributed by atoms with Crippen LogP contribution in [0.25, 0.3) is 5.76 Å². The minimum absolute atomic E-state index is 0.160. The summed E-state index contributed by atoms with van der Waals surface area (Å²) in [7, 11) is 0. The van der Waals surface area contributed by atoms with Crippen LogP contribution < -0.4 is 0 Å². The van der Waals surface area contributed by atoms with Crippen molar-refractivity contribution in [2.24, 2.45) is 0 Å². The smallest absolute Gasteiger partial charge is 0.331 e. The highest BCUT2D eigenvalue weighted by atomic mass is 16.5. The second-order valence-electron chi connectivity index (χ2n) is 4.51. The van der Waals surface area contributed by atoms with Gasteiger partial charge in [0.2, 0.25) is 11.6 Å². The molecule has 1 aromatic carbocycles. The number of rotatable bonds is 3. The molecule has 0 unspecified atom stereocenters. The van der Waals surface area contributed by atoms with Gasteiger partial charge in [0.05, 0.1) is 12.2 Å². The third-order valence-corrected chi connectivity index (χ3v) is 3.11. The first kappa shape index (κ1) is 14.7. The van der Waals surface area contributed by atoms with Gasteiger partial charge in [0, 0.05) is 17.2 Å². The molecule has 0 radical (unpaired) electrons. The van der Waals surface area contributed by atoms with E-state index in [2.05, 4.69) is 0 Å². The Bertz CT molecular complexity index is 694. The molecule has 1 aliphatic carbocycles. The lowest BCUT2D eigenvalue weighted by atomic mass is 9.85. The van der Waals surface area contributed by atoms with E-state index in [1.807, 2.05) is 0 Å². The number of ketones is 2. The number of ether oxygens (including phenoxy) is 1. The predicted octanol–water partition coefficient (Wildman–Crippen LogP) is 2.23. The minimum Gasteiger partial charge on any atom is -0.507 e. The molecule has 0 atom stereocenters. The Morgan fingerprint density at radius 2 is 1.81 bits per heavy atom.